The van der Waals surface area contributed by atoms with Crippen molar-refractivity contribution in [2.75, 3.05) is 0 Å². The number of rotatable bonds is 5. The molecule has 8 heteroatoms. The first-order valence-corrected chi connectivity index (χ1v) is 6.88. The van der Waals surface area contributed by atoms with Crippen molar-refractivity contribution in [2.24, 2.45) is 0 Å². The van der Waals surface area contributed by atoms with Gasteiger partial charge < -0.3 is 14.9 Å². The second-order valence-electron chi connectivity index (χ2n) is 4.05. The minimum Gasteiger partial charge on any atom is -0.481 e. The van der Waals surface area contributed by atoms with E-state index >= 15 is 0 Å². The Morgan fingerprint density at radius 3 is 2.95 bits per heavy atom. The van der Waals surface area contributed by atoms with Crippen molar-refractivity contribution in [3.63, 3.8) is 0 Å². The molecule has 0 aliphatic heterocycles. The van der Waals surface area contributed by atoms with Gasteiger partial charge in [0.2, 0.25) is 5.82 Å². The van der Waals surface area contributed by atoms with Gasteiger partial charge in [0.05, 0.1) is 16.6 Å². The average molecular weight is 351 g/mol. The average Bonchev–Trinajstić information content (AvgIpc) is 2.88. The Kier molecular flexibility index (Phi) is 4.55. The molecule has 0 bridgehead atoms. The predicted octanol–water partition coefficient (Wildman–Crippen LogP) is 3.02. The van der Waals surface area contributed by atoms with Gasteiger partial charge in [-0.05, 0) is 39.9 Å². The molecule has 0 atom stereocenters. The van der Waals surface area contributed by atoms with Gasteiger partial charge in [-0.3, -0.25) is 0 Å². The van der Waals surface area contributed by atoms with E-state index in [1.54, 1.807) is 25.1 Å². The molecular weight excluding hydrogens is 340 g/mol. The molecule has 0 unspecified atom stereocenters. The first-order chi connectivity index (χ1) is 10.1. The number of halogens is 1. The molecule has 1 heterocycles. The summed E-state index contributed by atoms with van der Waals surface area (Å²) in [6, 6.07) is 7.15. The smallest absolute Gasteiger partial charge is 0.342 e. The fourth-order valence-electron chi connectivity index (χ4n) is 1.89. The van der Waals surface area contributed by atoms with Crippen LogP contribution in [0.1, 0.15) is 18.3 Å². The summed E-state index contributed by atoms with van der Waals surface area (Å²) < 4.78 is 7.71. The molecule has 0 N–H and O–H groups in total. The van der Waals surface area contributed by atoms with Crippen LogP contribution in [0, 0.1) is 21.4 Å². The monoisotopic (exact) mass is 350 g/mol. The van der Waals surface area contributed by atoms with Crippen LogP contribution in [0.25, 0.3) is 0 Å². The number of benzene rings is 1. The number of hydrogen-bond acceptors (Lipinski definition) is 5. The van der Waals surface area contributed by atoms with Crippen molar-refractivity contribution in [3.8, 4) is 11.8 Å². The minimum absolute atomic E-state index is 0.0406. The summed E-state index contributed by atoms with van der Waals surface area (Å²) in [5, 5.41) is 19.9. The van der Waals surface area contributed by atoms with E-state index < -0.39 is 4.92 Å². The summed E-state index contributed by atoms with van der Waals surface area (Å²) in [4.78, 5) is 14.4. The van der Waals surface area contributed by atoms with E-state index in [4.69, 9.17) is 10.00 Å². The van der Waals surface area contributed by atoms with E-state index in [2.05, 4.69) is 20.9 Å². The number of imidazole rings is 1. The normalized spacial score (nSPS) is 10.1. The zero-order valence-electron chi connectivity index (χ0n) is 11.1. The third kappa shape index (κ3) is 3.03. The highest BCUT2D eigenvalue weighted by Crippen LogP contribution is 2.29. The molecule has 0 saturated carbocycles. The van der Waals surface area contributed by atoms with Crippen LogP contribution in [0.5, 0.6) is 5.75 Å². The summed E-state index contributed by atoms with van der Waals surface area (Å²) in [5.74, 6) is 0.751. The summed E-state index contributed by atoms with van der Waals surface area (Å²) in [7, 11) is 0. The van der Waals surface area contributed by atoms with Crippen molar-refractivity contribution in [1.29, 1.82) is 5.26 Å². The van der Waals surface area contributed by atoms with Crippen LogP contribution in [0.2, 0.25) is 0 Å². The summed E-state index contributed by atoms with van der Waals surface area (Å²) >= 11 is 3.31. The molecule has 0 aliphatic rings. The van der Waals surface area contributed by atoms with Crippen molar-refractivity contribution < 1.29 is 9.66 Å². The Hall–Kier alpha value is -2.40. The molecule has 2 aromatic rings. The molecule has 21 heavy (non-hydrogen) atoms. The second kappa shape index (κ2) is 6.37. The minimum atomic E-state index is -0.487. The lowest BCUT2D eigenvalue weighted by molar-refractivity contribution is -0.392. The van der Waals surface area contributed by atoms with Crippen molar-refractivity contribution in [3.05, 3.63) is 50.4 Å². The largest absolute Gasteiger partial charge is 0.481 e. The zero-order chi connectivity index (χ0) is 15.4. The van der Waals surface area contributed by atoms with Crippen LogP contribution < -0.4 is 4.74 Å². The van der Waals surface area contributed by atoms with Gasteiger partial charge in [-0.2, -0.15) is 5.26 Å². The third-order valence-corrected chi connectivity index (χ3v) is 3.48. The van der Waals surface area contributed by atoms with Crippen LogP contribution in [-0.4, -0.2) is 14.5 Å². The molecule has 0 radical (unpaired) electrons. The molecule has 2 rings (SSSR count). The molecular formula is C13H11BrN4O3. The predicted molar refractivity (Wildman–Crippen MR) is 77.7 cm³/mol. The molecule has 1 aromatic heterocycles. The van der Waals surface area contributed by atoms with Gasteiger partial charge in [0, 0.05) is 0 Å². The number of para-hydroxylation sites is 1. The van der Waals surface area contributed by atoms with Crippen molar-refractivity contribution >= 4 is 21.7 Å². The molecule has 0 spiro atoms. The molecule has 0 aliphatic carbocycles. The maximum Gasteiger partial charge on any atom is 0.342 e. The Bertz CT molecular complexity index is 721. The standard InChI is InChI=1S/C13H11BrN4O3/c1-2-17-11(16-7-12(17)18(19)20)8-21-13-9(6-15)4-3-5-10(13)14/h3-5,7H,2,8H2,1H3. The number of nitriles is 1. The van der Waals surface area contributed by atoms with Gasteiger partial charge in [0.25, 0.3) is 0 Å². The van der Waals surface area contributed by atoms with E-state index in [0.717, 1.165) is 0 Å². The van der Waals surface area contributed by atoms with Crippen molar-refractivity contribution in [1.82, 2.24) is 9.55 Å². The first kappa shape index (κ1) is 15.0. The number of ether oxygens (including phenoxy) is 1. The van der Waals surface area contributed by atoms with Crippen molar-refractivity contribution in [2.45, 2.75) is 20.1 Å². The maximum atomic E-state index is 10.9. The van der Waals surface area contributed by atoms with Crippen LogP contribution in [0.3, 0.4) is 0 Å². The second-order valence-corrected chi connectivity index (χ2v) is 4.91. The quantitative estimate of drug-likeness (QED) is 0.610. The summed E-state index contributed by atoms with van der Waals surface area (Å²) in [6.45, 7) is 2.24. The Morgan fingerprint density at radius 2 is 2.33 bits per heavy atom. The Morgan fingerprint density at radius 1 is 1.57 bits per heavy atom. The van der Waals surface area contributed by atoms with Gasteiger partial charge in [0.15, 0.2) is 12.4 Å². The van der Waals surface area contributed by atoms with Gasteiger partial charge in [0.1, 0.15) is 12.3 Å². The van der Waals surface area contributed by atoms with Gasteiger partial charge in [-0.1, -0.05) is 6.07 Å². The van der Waals surface area contributed by atoms with Crippen LogP contribution in [0.15, 0.2) is 28.9 Å². The molecule has 108 valence electrons. The van der Waals surface area contributed by atoms with Gasteiger partial charge in [-0.15, -0.1) is 0 Å². The fraction of sp³-hybridized carbons (Fsp3) is 0.231. The van der Waals surface area contributed by atoms with Crippen LogP contribution in [0.4, 0.5) is 5.82 Å². The number of nitrogens with zero attached hydrogens (tertiary/aromatic N) is 4. The van der Waals surface area contributed by atoms with Crippen LogP contribution in [-0.2, 0) is 13.2 Å². The number of aromatic nitrogens is 2. The van der Waals surface area contributed by atoms with Crippen LogP contribution >= 0.6 is 15.9 Å². The lowest BCUT2D eigenvalue weighted by Gasteiger charge is -2.08. The highest BCUT2D eigenvalue weighted by Gasteiger charge is 2.19. The zero-order valence-corrected chi connectivity index (χ0v) is 12.7. The topological polar surface area (TPSA) is 94.0 Å². The molecule has 1 aromatic carbocycles. The van der Waals surface area contributed by atoms with E-state index in [9.17, 15) is 10.1 Å². The summed E-state index contributed by atoms with van der Waals surface area (Å²) in [6.07, 6.45) is 1.20. The number of hydrogen-bond donors (Lipinski definition) is 0. The maximum absolute atomic E-state index is 10.9. The lowest BCUT2D eigenvalue weighted by Crippen LogP contribution is -2.09. The Balaban J connectivity index is 2.26. The number of nitro groups is 1. The SMILES string of the molecule is CCn1c([N+](=O)[O-])cnc1COc1c(Br)cccc1C#N. The van der Waals surface area contributed by atoms with E-state index in [0.29, 0.717) is 28.2 Å². The molecule has 0 fully saturated rings. The summed E-state index contributed by atoms with van der Waals surface area (Å²) in [5.41, 5.74) is 0.383. The highest BCUT2D eigenvalue weighted by molar-refractivity contribution is 9.10. The molecule has 0 saturated heterocycles. The Labute approximate surface area is 129 Å². The van der Waals surface area contributed by atoms with E-state index in [1.165, 1.54) is 10.8 Å². The molecule has 0 amide bonds. The van der Waals surface area contributed by atoms with E-state index in [1.807, 2.05) is 6.07 Å². The highest BCUT2D eigenvalue weighted by atomic mass is 79.9. The lowest BCUT2D eigenvalue weighted by atomic mass is 10.2. The van der Waals surface area contributed by atoms with E-state index in [-0.39, 0.29) is 12.4 Å². The first-order valence-electron chi connectivity index (χ1n) is 6.08. The third-order valence-electron chi connectivity index (χ3n) is 2.85. The van der Waals surface area contributed by atoms with Gasteiger partial charge >= 0.3 is 5.82 Å². The molecule has 7 nitrogen and oxygen atoms in total. The van der Waals surface area contributed by atoms with Gasteiger partial charge in [-0.25, -0.2) is 9.55 Å². The fourth-order valence-corrected chi connectivity index (χ4v) is 2.37.